The number of rotatable bonds is 9. The predicted octanol–water partition coefficient (Wildman–Crippen LogP) is 3.44. The van der Waals surface area contributed by atoms with Crippen LogP contribution >= 0.6 is 0 Å². The third kappa shape index (κ3) is 6.24. The Morgan fingerprint density at radius 1 is 1.08 bits per heavy atom. The fourth-order valence-corrected chi connectivity index (χ4v) is 2.82. The van der Waals surface area contributed by atoms with Gasteiger partial charge in [0.25, 0.3) is 0 Å². The van der Waals surface area contributed by atoms with E-state index in [-0.39, 0.29) is 11.9 Å². The Hall–Kier alpha value is -2.33. The summed E-state index contributed by atoms with van der Waals surface area (Å²) in [6.45, 7) is 0.601. The van der Waals surface area contributed by atoms with E-state index >= 15 is 0 Å². The third-order valence-corrected chi connectivity index (χ3v) is 4.33. The van der Waals surface area contributed by atoms with Crippen molar-refractivity contribution < 1.29 is 9.53 Å². The van der Waals surface area contributed by atoms with E-state index < -0.39 is 0 Å². The molecule has 4 nitrogen and oxygen atoms in total. The minimum absolute atomic E-state index is 0.108. The van der Waals surface area contributed by atoms with E-state index in [9.17, 15) is 4.79 Å². The van der Waals surface area contributed by atoms with Crippen LogP contribution in [0.15, 0.2) is 54.6 Å². The molecule has 0 aliphatic carbocycles. The lowest BCUT2D eigenvalue weighted by atomic mass is 10.1. The van der Waals surface area contributed by atoms with Gasteiger partial charge in [0.2, 0.25) is 5.91 Å². The second kappa shape index (κ2) is 9.84. The highest BCUT2D eigenvalue weighted by Gasteiger charge is 2.15. The highest BCUT2D eigenvalue weighted by molar-refractivity contribution is 5.75. The van der Waals surface area contributed by atoms with Crippen molar-refractivity contribution in [2.24, 2.45) is 0 Å². The van der Waals surface area contributed by atoms with Crippen molar-refractivity contribution >= 4 is 5.91 Å². The monoisotopic (exact) mass is 340 g/mol. The van der Waals surface area contributed by atoms with E-state index in [1.807, 2.05) is 56.6 Å². The van der Waals surface area contributed by atoms with Crippen LogP contribution in [0.1, 0.15) is 30.0 Å². The Balaban J connectivity index is 1.80. The van der Waals surface area contributed by atoms with Crippen LogP contribution in [-0.2, 0) is 11.2 Å². The van der Waals surface area contributed by atoms with Gasteiger partial charge in [-0.1, -0.05) is 42.5 Å². The maximum atomic E-state index is 12.1. The summed E-state index contributed by atoms with van der Waals surface area (Å²) >= 11 is 0. The summed E-state index contributed by atoms with van der Waals surface area (Å²) < 4.78 is 5.21. The highest BCUT2D eigenvalue weighted by Crippen LogP contribution is 2.20. The molecule has 0 fully saturated rings. The van der Waals surface area contributed by atoms with Crippen molar-refractivity contribution in [2.75, 3.05) is 27.7 Å². The van der Waals surface area contributed by atoms with Gasteiger partial charge in [-0.05, 0) is 50.2 Å². The maximum absolute atomic E-state index is 12.1. The molecule has 134 valence electrons. The molecular weight excluding hydrogens is 312 g/mol. The van der Waals surface area contributed by atoms with Gasteiger partial charge < -0.3 is 15.0 Å². The first kappa shape index (κ1) is 19.0. The minimum Gasteiger partial charge on any atom is -0.497 e. The zero-order valence-corrected chi connectivity index (χ0v) is 15.4. The van der Waals surface area contributed by atoms with E-state index in [1.54, 1.807) is 7.11 Å². The Bertz CT molecular complexity index is 639. The Morgan fingerprint density at radius 2 is 1.76 bits per heavy atom. The van der Waals surface area contributed by atoms with Crippen LogP contribution in [0.25, 0.3) is 0 Å². The van der Waals surface area contributed by atoms with E-state index in [0.29, 0.717) is 13.0 Å². The van der Waals surface area contributed by atoms with Crippen molar-refractivity contribution in [3.05, 3.63) is 65.7 Å². The van der Waals surface area contributed by atoms with Crippen LogP contribution < -0.4 is 10.1 Å². The second-order valence-electron chi connectivity index (χ2n) is 6.40. The van der Waals surface area contributed by atoms with Crippen molar-refractivity contribution in [1.82, 2.24) is 10.2 Å². The lowest BCUT2D eigenvalue weighted by Gasteiger charge is -2.25. The molecule has 0 saturated heterocycles. The van der Waals surface area contributed by atoms with Gasteiger partial charge in [0, 0.05) is 13.0 Å². The number of methoxy groups -OCH3 is 1. The number of aryl methyl sites for hydroxylation is 1. The van der Waals surface area contributed by atoms with Gasteiger partial charge in [0.1, 0.15) is 5.75 Å². The smallest absolute Gasteiger partial charge is 0.220 e. The molecule has 1 atom stereocenters. The highest BCUT2D eigenvalue weighted by atomic mass is 16.5. The number of ether oxygens (including phenoxy) is 1. The van der Waals surface area contributed by atoms with Crippen LogP contribution in [0.5, 0.6) is 5.75 Å². The molecule has 1 N–H and O–H groups in total. The zero-order valence-electron chi connectivity index (χ0n) is 15.4. The van der Waals surface area contributed by atoms with Gasteiger partial charge in [-0.2, -0.15) is 0 Å². The molecule has 0 aliphatic rings. The van der Waals surface area contributed by atoms with Crippen molar-refractivity contribution in [2.45, 2.75) is 25.3 Å². The largest absolute Gasteiger partial charge is 0.497 e. The average Bonchev–Trinajstić information content (AvgIpc) is 2.63. The number of hydrogen-bond acceptors (Lipinski definition) is 3. The maximum Gasteiger partial charge on any atom is 0.220 e. The lowest BCUT2D eigenvalue weighted by molar-refractivity contribution is -0.121. The molecule has 1 amide bonds. The number of benzene rings is 2. The van der Waals surface area contributed by atoms with Crippen molar-refractivity contribution in [1.29, 1.82) is 0 Å². The quantitative estimate of drug-likeness (QED) is 0.760. The molecule has 4 heteroatoms. The van der Waals surface area contributed by atoms with E-state index in [2.05, 4.69) is 22.3 Å². The standard InChI is InChI=1S/C21H28N2O2/c1-23(2)20(18-12-14-19(25-3)15-13-18)16-22-21(24)11-7-10-17-8-5-4-6-9-17/h4-6,8-9,12-15,20H,7,10-11,16H2,1-3H3,(H,22,24)/t20-/m0/s1. The fourth-order valence-electron chi connectivity index (χ4n) is 2.82. The molecule has 0 unspecified atom stereocenters. The van der Waals surface area contributed by atoms with E-state index in [4.69, 9.17) is 4.74 Å². The molecule has 0 aliphatic heterocycles. The van der Waals surface area contributed by atoms with Gasteiger partial charge in [-0.3, -0.25) is 4.79 Å². The molecule has 25 heavy (non-hydrogen) atoms. The van der Waals surface area contributed by atoms with Crippen LogP contribution in [0.4, 0.5) is 0 Å². The number of amides is 1. The van der Waals surface area contributed by atoms with Gasteiger partial charge >= 0.3 is 0 Å². The summed E-state index contributed by atoms with van der Waals surface area (Å²) in [7, 11) is 5.71. The normalized spacial score (nSPS) is 12.0. The van der Waals surface area contributed by atoms with Gasteiger partial charge in [0.05, 0.1) is 13.2 Å². The molecule has 0 spiro atoms. The fraction of sp³-hybridized carbons (Fsp3) is 0.381. The minimum atomic E-state index is 0.108. The number of nitrogens with zero attached hydrogens (tertiary/aromatic N) is 1. The summed E-state index contributed by atoms with van der Waals surface area (Å²) in [5.74, 6) is 0.947. The molecule has 0 heterocycles. The molecule has 0 saturated carbocycles. The number of hydrogen-bond donors (Lipinski definition) is 1. The SMILES string of the molecule is COc1ccc([C@H](CNC(=O)CCCc2ccccc2)N(C)C)cc1. The first-order chi connectivity index (χ1) is 12.1. The van der Waals surface area contributed by atoms with E-state index in [1.165, 1.54) is 5.56 Å². The lowest BCUT2D eigenvalue weighted by Crippen LogP contribution is -2.34. The summed E-state index contributed by atoms with van der Waals surface area (Å²) in [5.41, 5.74) is 2.44. The predicted molar refractivity (Wildman–Crippen MR) is 102 cm³/mol. The molecule has 0 bridgehead atoms. The van der Waals surface area contributed by atoms with Crippen LogP contribution in [-0.4, -0.2) is 38.6 Å². The summed E-state index contributed by atoms with van der Waals surface area (Å²) in [5, 5.41) is 3.07. The Kier molecular flexibility index (Phi) is 7.48. The summed E-state index contributed by atoms with van der Waals surface area (Å²) in [6, 6.07) is 18.4. The first-order valence-corrected chi connectivity index (χ1v) is 8.71. The van der Waals surface area contributed by atoms with Gasteiger partial charge in [-0.15, -0.1) is 0 Å². The van der Waals surface area contributed by atoms with Gasteiger partial charge in [-0.25, -0.2) is 0 Å². The first-order valence-electron chi connectivity index (χ1n) is 8.71. The summed E-state index contributed by atoms with van der Waals surface area (Å²) in [6.07, 6.45) is 2.35. The van der Waals surface area contributed by atoms with Crippen LogP contribution in [0, 0.1) is 0 Å². The summed E-state index contributed by atoms with van der Waals surface area (Å²) in [4.78, 5) is 14.3. The molecular formula is C21H28N2O2. The average molecular weight is 340 g/mol. The topological polar surface area (TPSA) is 41.6 Å². The molecule has 2 rings (SSSR count). The zero-order chi connectivity index (χ0) is 18.1. The molecule has 0 aromatic heterocycles. The second-order valence-corrected chi connectivity index (χ2v) is 6.40. The van der Waals surface area contributed by atoms with Crippen molar-refractivity contribution in [3.63, 3.8) is 0 Å². The Labute approximate surface area is 150 Å². The van der Waals surface area contributed by atoms with Crippen molar-refractivity contribution in [3.8, 4) is 5.75 Å². The van der Waals surface area contributed by atoms with Crippen LogP contribution in [0.2, 0.25) is 0 Å². The Morgan fingerprint density at radius 3 is 2.36 bits per heavy atom. The molecule has 2 aromatic carbocycles. The van der Waals surface area contributed by atoms with Gasteiger partial charge in [0.15, 0.2) is 0 Å². The molecule has 2 aromatic rings. The number of nitrogens with one attached hydrogen (secondary N) is 1. The molecule has 0 radical (unpaired) electrons. The van der Waals surface area contributed by atoms with Crippen LogP contribution in [0.3, 0.4) is 0 Å². The third-order valence-electron chi connectivity index (χ3n) is 4.33. The number of carbonyl (C=O) groups excluding carboxylic acids is 1. The number of carbonyl (C=O) groups is 1. The van der Waals surface area contributed by atoms with E-state index in [0.717, 1.165) is 24.2 Å². The number of likely N-dealkylation sites (N-methyl/N-ethyl adjacent to an activating group) is 1.